The van der Waals surface area contributed by atoms with Gasteiger partial charge in [0.05, 0.1) is 0 Å². The number of para-hydroxylation sites is 2. The second-order valence-electron chi connectivity index (χ2n) is 4.85. The van der Waals surface area contributed by atoms with E-state index in [0.717, 1.165) is 22.4 Å². The average Bonchev–Trinajstić information content (AvgIpc) is 2.85. The van der Waals surface area contributed by atoms with Crippen molar-refractivity contribution in [1.29, 1.82) is 5.26 Å². The lowest BCUT2D eigenvalue weighted by Gasteiger charge is -2.20. The van der Waals surface area contributed by atoms with Gasteiger partial charge in [-0.2, -0.15) is 5.26 Å². The van der Waals surface area contributed by atoms with Crippen molar-refractivity contribution in [2.24, 2.45) is 0 Å². The summed E-state index contributed by atoms with van der Waals surface area (Å²) in [6.45, 7) is 2.07. The van der Waals surface area contributed by atoms with Crippen molar-refractivity contribution < 1.29 is 0 Å². The van der Waals surface area contributed by atoms with Crippen molar-refractivity contribution in [3.63, 3.8) is 0 Å². The second-order valence-corrected chi connectivity index (χ2v) is 4.85. The van der Waals surface area contributed by atoms with Crippen LogP contribution in [0, 0.1) is 18.3 Å². The molecule has 1 aromatic heterocycles. The number of rotatable bonds is 2. The molecule has 3 rings (SSSR count). The summed E-state index contributed by atoms with van der Waals surface area (Å²) < 4.78 is 0. The van der Waals surface area contributed by atoms with E-state index in [2.05, 4.69) is 30.1 Å². The number of aryl methyl sites for hydroxylation is 1. The molecule has 3 aromatic rings. The van der Waals surface area contributed by atoms with Gasteiger partial charge in [0.1, 0.15) is 17.5 Å². The van der Waals surface area contributed by atoms with Crippen molar-refractivity contribution in [3.8, 4) is 6.07 Å². The van der Waals surface area contributed by atoms with Crippen molar-refractivity contribution >= 4 is 22.4 Å². The summed E-state index contributed by atoms with van der Waals surface area (Å²) in [5, 5.41) is 10.4. The summed E-state index contributed by atoms with van der Waals surface area (Å²) in [6, 6.07) is 18.4. The summed E-state index contributed by atoms with van der Waals surface area (Å²) in [4.78, 5) is 5.38. The number of aromatic amines is 1. The van der Waals surface area contributed by atoms with E-state index in [0.29, 0.717) is 5.56 Å². The highest BCUT2D eigenvalue weighted by atomic mass is 15.2. The minimum atomic E-state index is 0.686. The lowest BCUT2D eigenvalue weighted by molar-refractivity contribution is 1.14. The molecule has 0 radical (unpaired) electrons. The Bertz CT molecular complexity index is 808. The van der Waals surface area contributed by atoms with Crippen LogP contribution in [0.1, 0.15) is 11.1 Å². The van der Waals surface area contributed by atoms with Gasteiger partial charge in [-0.25, -0.2) is 0 Å². The fourth-order valence-corrected chi connectivity index (χ4v) is 2.55. The van der Waals surface area contributed by atoms with Crippen molar-refractivity contribution in [3.05, 3.63) is 59.7 Å². The summed E-state index contributed by atoms with van der Waals surface area (Å²) in [5.74, 6) is 0.836. The van der Waals surface area contributed by atoms with Crippen LogP contribution in [0.3, 0.4) is 0 Å². The lowest BCUT2D eigenvalue weighted by atomic mass is 10.1. The topological polar surface area (TPSA) is 42.8 Å². The van der Waals surface area contributed by atoms with Gasteiger partial charge >= 0.3 is 0 Å². The van der Waals surface area contributed by atoms with Crippen LogP contribution < -0.4 is 4.90 Å². The second kappa shape index (κ2) is 4.75. The summed E-state index contributed by atoms with van der Waals surface area (Å²) in [6.07, 6.45) is 0. The first-order chi connectivity index (χ1) is 9.72. The highest BCUT2D eigenvalue weighted by Gasteiger charge is 2.16. The van der Waals surface area contributed by atoms with E-state index in [1.54, 1.807) is 0 Å². The smallest absolute Gasteiger partial charge is 0.129 e. The number of benzene rings is 2. The molecule has 3 nitrogen and oxygen atoms in total. The fraction of sp³-hybridized carbons (Fsp3) is 0.118. The molecule has 0 fully saturated rings. The summed E-state index contributed by atoms with van der Waals surface area (Å²) >= 11 is 0. The molecule has 0 aliphatic heterocycles. The van der Waals surface area contributed by atoms with Crippen molar-refractivity contribution in [2.75, 3.05) is 11.9 Å². The number of nitrogens with zero attached hydrogens (tertiary/aromatic N) is 2. The van der Waals surface area contributed by atoms with Crippen LogP contribution in [0.15, 0.2) is 48.5 Å². The van der Waals surface area contributed by atoms with E-state index in [1.807, 2.05) is 48.3 Å². The van der Waals surface area contributed by atoms with Gasteiger partial charge in [0, 0.05) is 23.6 Å². The molecule has 3 heteroatoms. The van der Waals surface area contributed by atoms with Crippen LogP contribution in [-0.4, -0.2) is 12.0 Å². The molecule has 0 atom stereocenters. The van der Waals surface area contributed by atoms with Crippen LogP contribution in [-0.2, 0) is 0 Å². The maximum absolute atomic E-state index is 9.47. The van der Waals surface area contributed by atoms with Gasteiger partial charge < -0.3 is 9.88 Å². The van der Waals surface area contributed by atoms with Gasteiger partial charge in [-0.15, -0.1) is 0 Å². The lowest BCUT2D eigenvalue weighted by Crippen LogP contribution is -2.12. The Hall–Kier alpha value is -2.73. The molecule has 0 bridgehead atoms. The molecule has 0 spiro atoms. The number of hydrogen-bond acceptors (Lipinski definition) is 2. The Kier molecular flexibility index (Phi) is 2.92. The molecule has 0 unspecified atom stereocenters. The molecule has 1 N–H and O–H groups in total. The fourth-order valence-electron chi connectivity index (χ4n) is 2.55. The maximum atomic E-state index is 9.47. The first kappa shape index (κ1) is 12.3. The number of fused-ring (bicyclic) bond motifs is 1. The van der Waals surface area contributed by atoms with Crippen LogP contribution >= 0.6 is 0 Å². The number of hydrogen-bond donors (Lipinski definition) is 1. The predicted molar refractivity (Wildman–Crippen MR) is 82.3 cm³/mol. The van der Waals surface area contributed by atoms with E-state index < -0.39 is 0 Å². The molecule has 0 aliphatic rings. The zero-order valence-corrected chi connectivity index (χ0v) is 11.5. The third kappa shape index (κ3) is 1.83. The van der Waals surface area contributed by atoms with Crippen molar-refractivity contribution in [2.45, 2.75) is 6.92 Å². The monoisotopic (exact) mass is 261 g/mol. The van der Waals surface area contributed by atoms with Gasteiger partial charge in [-0.1, -0.05) is 36.4 Å². The molecular formula is C17H15N3. The zero-order valence-electron chi connectivity index (χ0n) is 11.5. The molecule has 0 saturated heterocycles. The quantitative estimate of drug-likeness (QED) is 0.754. The molecule has 0 saturated carbocycles. The molecule has 2 aromatic carbocycles. The Morgan fingerprint density at radius 1 is 1.05 bits per heavy atom. The molecule has 98 valence electrons. The van der Waals surface area contributed by atoms with Crippen LogP contribution in [0.25, 0.3) is 10.9 Å². The van der Waals surface area contributed by atoms with E-state index in [9.17, 15) is 5.26 Å². The molecule has 0 amide bonds. The maximum Gasteiger partial charge on any atom is 0.129 e. The number of anilines is 2. The predicted octanol–water partition coefficient (Wildman–Crippen LogP) is 4.12. The normalized spacial score (nSPS) is 10.4. The Morgan fingerprint density at radius 2 is 1.75 bits per heavy atom. The number of aromatic nitrogens is 1. The van der Waals surface area contributed by atoms with E-state index in [4.69, 9.17) is 0 Å². The Balaban J connectivity index is 2.20. The molecule has 1 heterocycles. The van der Waals surface area contributed by atoms with Gasteiger partial charge in [0.2, 0.25) is 0 Å². The number of nitrogens with one attached hydrogen (secondary N) is 1. The SMILES string of the molecule is Cc1ccccc1N(C)c1[nH]c2ccccc2c1C#N. The average molecular weight is 261 g/mol. The van der Waals surface area contributed by atoms with E-state index in [-0.39, 0.29) is 0 Å². The molecular weight excluding hydrogens is 246 g/mol. The minimum absolute atomic E-state index is 0.686. The third-order valence-electron chi connectivity index (χ3n) is 3.61. The Morgan fingerprint density at radius 3 is 2.50 bits per heavy atom. The Labute approximate surface area is 118 Å². The van der Waals surface area contributed by atoms with E-state index >= 15 is 0 Å². The van der Waals surface area contributed by atoms with Crippen molar-refractivity contribution in [1.82, 2.24) is 4.98 Å². The summed E-state index contributed by atoms with van der Waals surface area (Å²) in [5.41, 5.74) is 3.94. The van der Waals surface area contributed by atoms with E-state index in [1.165, 1.54) is 5.56 Å². The summed E-state index contributed by atoms with van der Waals surface area (Å²) in [7, 11) is 1.98. The minimum Gasteiger partial charge on any atom is -0.340 e. The van der Waals surface area contributed by atoms with Gasteiger partial charge in [0.15, 0.2) is 0 Å². The number of H-pyrrole nitrogens is 1. The first-order valence-electron chi connectivity index (χ1n) is 6.52. The highest BCUT2D eigenvalue weighted by Crippen LogP contribution is 2.32. The van der Waals surface area contributed by atoms with Crippen LogP contribution in [0.2, 0.25) is 0 Å². The standard InChI is InChI=1S/C17H15N3/c1-12-7-3-6-10-16(12)20(2)17-14(11-18)13-8-4-5-9-15(13)19-17/h3-10,19H,1-2H3. The largest absolute Gasteiger partial charge is 0.340 e. The van der Waals surface area contributed by atoms with Gasteiger partial charge in [-0.05, 0) is 24.6 Å². The van der Waals surface area contributed by atoms with Gasteiger partial charge in [0.25, 0.3) is 0 Å². The highest BCUT2D eigenvalue weighted by molar-refractivity contribution is 5.93. The van der Waals surface area contributed by atoms with Crippen LogP contribution in [0.4, 0.5) is 11.5 Å². The number of nitriles is 1. The molecule has 20 heavy (non-hydrogen) atoms. The zero-order chi connectivity index (χ0) is 14.1. The third-order valence-corrected chi connectivity index (χ3v) is 3.61. The first-order valence-corrected chi connectivity index (χ1v) is 6.52. The molecule has 0 aliphatic carbocycles. The van der Waals surface area contributed by atoms with Crippen LogP contribution in [0.5, 0.6) is 0 Å². The van der Waals surface area contributed by atoms with Gasteiger partial charge in [-0.3, -0.25) is 0 Å².